The van der Waals surface area contributed by atoms with Crippen LogP contribution in [0.15, 0.2) is 30.3 Å². The van der Waals surface area contributed by atoms with Gasteiger partial charge in [0.2, 0.25) is 5.91 Å². The van der Waals surface area contributed by atoms with Crippen LogP contribution in [0.1, 0.15) is 52.5 Å². The third kappa shape index (κ3) is 7.76. The van der Waals surface area contributed by atoms with Gasteiger partial charge in [-0.25, -0.2) is 4.79 Å². The zero-order valence-electron chi connectivity index (χ0n) is 20.1. The smallest absolute Gasteiger partial charge is 0.426 e. The Hall–Kier alpha value is -2.57. The molecule has 0 radical (unpaired) electrons. The number of urea groups is 1. The lowest BCUT2D eigenvalue weighted by Gasteiger charge is -2.39. The molecule has 1 aromatic rings. The molecule has 9 heteroatoms. The maximum absolute atomic E-state index is 13.3. The second-order valence-electron chi connectivity index (χ2n) is 10.0. The first kappa shape index (κ1) is 26.7. The molecule has 33 heavy (non-hydrogen) atoms. The Balaban J connectivity index is 1.99. The van der Waals surface area contributed by atoms with Gasteiger partial charge < -0.3 is 25.6 Å². The number of nitriles is 1. The van der Waals surface area contributed by atoms with E-state index in [1.54, 1.807) is 4.90 Å². The van der Waals surface area contributed by atoms with Gasteiger partial charge in [-0.1, -0.05) is 58.0 Å². The molecule has 2 rings (SSSR count). The van der Waals surface area contributed by atoms with Crippen molar-refractivity contribution in [3.8, 4) is 6.07 Å². The molecule has 4 N–H and O–H groups in total. The van der Waals surface area contributed by atoms with E-state index >= 15 is 0 Å². The molecule has 1 aliphatic heterocycles. The first-order valence-electron chi connectivity index (χ1n) is 11.7. The van der Waals surface area contributed by atoms with E-state index in [-0.39, 0.29) is 36.2 Å². The molecule has 0 aromatic heterocycles. The van der Waals surface area contributed by atoms with Crippen molar-refractivity contribution < 1.29 is 19.6 Å². The molecule has 1 fully saturated rings. The van der Waals surface area contributed by atoms with E-state index in [0.717, 1.165) is 24.8 Å². The number of piperidine rings is 1. The van der Waals surface area contributed by atoms with Crippen molar-refractivity contribution in [2.75, 3.05) is 13.1 Å². The highest BCUT2D eigenvalue weighted by Crippen LogP contribution is 2.33. The Labute approximate surface area is 197 Å². The van der Waals surface area contributed by atoms with Gasteiger partial charge in [0.05, 0.1) is 12.0 Å². The molecule has 8 nitrogen and oxygen atoms in total. The maximum Gasteiger partial charge on any atom is 0.475 e. The number of rotatable bonds is 8. The Morgan fingerprint density at radius 1 is 1.24 bits per heavy atom. The van der Waals surface area contributed by atoms with Gasteiger partial charge in [0.25, 0.3) is 0 Å². The quantitative estimate of drug-likeness (QED) is 0.446. The van der Waals surface area contributed by atoms with E-state index in [1.165, 1.54) is 0 Å². The Kier molecular flexibility index (Phi) is 9.75. The highest BCUT2D eigenvalue weighted by atomic mass is 16.4. The van der Waals surface area contributed by atoms with E-state index in [0.29, 0.717) is 6.54 Å². The molecule has 0 bridgehead atoms. The van der Waals surface area contributed by atoms with E-state index in [4.69, 9.17) is 0 Å². The molecule has 1 heterocycles. The highest BCUT2D eigenvalue weighted by Gasteiger charge is 2.38. The number of likely N-dealkylation sites (tertiary alicyclic amines) is 1. The van der Waals surface area contributed by atoms with Crippen molar-refractivity contribution in [1.29, 1.82) is 5.26 Å². The van der Waals surface area contributed by atoms with Crippen molar-refractivity contribution >= 4 is 19.1 Å². The van der Waals surface area contributed by atoms with Crippen LogP contribution < -0.4 is 10.6 Å². The number of nitrogens with one attached hydrogen (secondary N) is 2. The van der Waals surface area contributed by atoms with Crippen LogP contribution in [0, 0.1) is 28.6 Å². The third-order valence-electron chi connectivity index (χ3n) is 6.65. The molecule has 2 unspecified atom stereocenters. The van der Waals surface area contributed by atoms with Crippen molar-refractivity contribution in [3.63, 3.8) is 0 Å². The number of hydrogen-bond acceptors (Lipinski definition) is 5. The molecule has 1 aliphatic rings. The summed E-state index contributed by atoms with van der Waals surface area (Å²) in [5, 5.41) is 34.5. The fourth-order valence-corrected chi connectivity index (χ4v) is 4.09. The number of carbonyl (C=O) groups is 2. The predicted octanol–water partition coefficient (Wildman–Crippen LogP) is 2.11. The van der Waals surface area contributed by atoms with E-state index in [1.807, 2.05) is 58.0 Å². The van der Waals surface area contributed by atoms with Crippen LogP contribution in [-0.4, -0.2) is 59.1 Å². The van der Waals surface area contributed by atoms with Gasteiger partial charge in [-0.3, -0.25) is 4.79 Å². The fraction of sp³-hybridized carbons (Fsp3) is 0.625. The standard InChI is InChI=1S/C24H37BN4O4/c1-17(24(2,3)4)20(15-26)22(30)29-13-9-8-12-19(29)16-27-23(31)28-21(25(32)33)14-18-10-6-5-7-11-18/h5-7,10-11,17,19-21,32-33H,8-9,12-14,16H2,1-4H3,(H2,27,28,31)/t17?,19-,20?,21-/m0/s1. The normalized spacial score (nSPS) is 19.1. The lowest BCUT2D eigenvalue weighted by Crippen LogP contribution is -2.55. The Morgan fingerprint density at radius 2 is 1.91 bits per heavy atom. The van der Waals surface area contributed by atoms with E-state index < -0.39 is 25.0 Å². The minimum absolute atomic E-state index is 0.112. The van der Waals surface area contributed by atoms with Crippen LogP contribution >= 0.6 is 0 Å². The van der Waals surface area contributed by atoms with Gasteiger partial charge in [0, 0.05) is 19.1 Å². The minimum atomic E-state index is -1.71. The zero-order chi connectivity index (χ0) is 24.6. The van der Waals surface area contributed by atoms with Crippen molar-refractivity contribution in [2.24, 2.45) is 17.3 Å². The Bertz CT molecular complexity index is 822. The summed E-state index contributed by atoms with van der Waals surface area (Å²) in [5.41, 5.74) is 0.689. The molecule has 180 valence electrons. The lowest BCUT2D eigenvalue weighted by molar-refractivity contribution is -0.140. The maximum atomic E-state index is 13.3. The van der Waals surface area contributed by atoms with E-state index in [9.17, 15) is 24.9 Å². The number of nitrogens with zero attached hydrogens (tertiary/aromatic N) is 2. The fourth-order valence-electron chi connectivity index (χ4n) is 4.09. The van der Waals surface area contributed by atoms with Gasteiger partial charge in [0.1, 0.15) is 5.92 Å². The van der Waals surface area contributed by atoms with E-state index in [2.05, 4.69) is 16.7 Å². The van der Waals surface area contributed by atoms with Crippen LogP contribution in [0.2, 0.25) is 0 Å². The lowest BCUT2D eigenvalue weighted by atomic mass is 9.74. The molecule has 1 saturated heterocycles. The summed E-state index contributed by atoms with van der Waals surface area (Å²) in [4.78, 5) is 27.5. The number of carbonyl (C=O) groups excluding carboxylic acids is 2. The first-order valence-corrected chi connectivity index (χ1v) is 11.7. The van der Waals surface area contributed by atoms with Crippen molar-refractivity contribution in [3.05, 3.63) is 35.9 Å². The van der Waals surface area contributed by atoms with Gasteiger partial charge in [-0.15, -0.1) is 0 Å². The largest absolute Gasteiger partial charge is 0.475 e. The van der Waals surface area contributed by atoms with Crippen LogP contribution in [-0.2, 0) is 11.2 Å². The molecule has 0 saturated carbocycles. The van der Waals surface area contributed by atoms with Crippen molar-refractivity contribution in [2.45, 2.75) is 65.4 Å². The summed E-state index contributed by atoms with van der Waals surface area (Å²) in [6, 6.07) is 10.7. The second kappa shape index (κ2) is 12.1. The van der Waals surface area contributed by atoms with Crippen LogP contribution in [0.4, 0.5) is 4.79 Å². The van der Waals surface area contributed by atoms with Gasteiger partial charge in [-0.05, 0) is 42.6 Å². The summed E-state index contributed by atoms with van der Waals surface area (Å²) in [6.07, 6.45) is 2.82. The molecule has 3 amide bonds. The SMILES string of the molecule is CC(C(C#N)C(=O)N1CCCC[C@H]1CNC(=O)N[C@@H](Cc1ccccc1)B(O)O)C(C)(C)C. The minimum Gasteiger partial charge on any atom is -0.426 e. The highest BCUT2D eigenvalue weighted by molar-refractivity contribution is 6.43. The van der Waals surface area contributed by atoms with Crippen LogP contribution in [0.25, 0.3) is 0 Å². The summed E-state index contributed by atoms with van der Waals surface area (Å²) in [7, 11) is -1.71. The topological polar surface area (TPSA) is 126 Å². The zero-order valence-corrected chi connectivity index (χ0v) is 20.1. The van der Waals surface area contributed by atoms with Crippen molar-refractivity contribution in [1.82, 2.24) is 15.5 Å². The summed E-state index contributed by atoms with van der Waals surface area (Å²) in [6.45, 7) is 8.81. The van der Waals surface area contributed by atoms with Crippen LogP contribution in [0.3, 0.4) is 0 Å². The van der Waals surface area contributed by atoms with Gasteiger partial charge >= 0.3 is 13.1 Å². The summed E-state index contributed by atoms with van der Waals surface area (Å²) < 4.78 is 0. The average Bonchev–Trinajstić information content (AvgIpc) is 2.77. The second-order valence-corrected chi connectivity index (χ2v) is 10.0. The predicted molar refractivity (Wildman–Crippen MR) is 128 cm³/mol. The Morgan fingerprint density at radius 3 is 2.48 bits per heavy atom. The van der Waals surface area contributed by atoms with Gasteiger partial charge in [-0.2, -0.15) is 5.26 Å². The summed E-state index contributed by atoms with van der Waals surface area (Å²) >= 11 is 0. The molecule has 4 atom stereocenters. The average molecular weight is 456 g/mol. The number of hydrogen-bond donors (Lipinski definition) is 4. The molecule has 1 aromatic carbocycles. The molecule has 0 aliphatic carbocycles. The third-order valence-corrected chi connectivity index (χ3v) is 6.65. The molecular formula is C24H37BN4O4. The molecule has 0 spiro atoms. The monoisotopic (exact) mass is 456 g/mol. The van der Waals surface area contributed by atoms with Crippen LogP contribution in [0.5, 0.6) is 0 Å². The van der Waals surface area contributed by atoms with Gasteiger partial charge in [0.15, 0.2) is 0 Å². The summed E-state index contributed by atoms with van der Waals surface area (Å²) in [5.74, 6) is -1.90. The first-order chi connectivity index (χ1) is 15.5. The molecular weight excluding hydrogens is 419 g/mol. The number of benzene rings is 1. The number of amides is 3.